The molecule has 0 aromatic heterocycles. The van der Waals surface area contributed by atoms with Crippen LogP contribution in [0.3, 0.4) is 0 Å². The number of piperazine rings is 1. The first kappa shape index (κ1) is 20.4. The Labute approximate surface area is 169 Å². The molecule has 1 unspecified atom stereocenters. The Kier molecular flexibility index (Phi) is 6.72. The molecule has 2 aromatic rings. The van der Waals surface area contributed by atoms with Gasteiger partial charge < -0.3 is 9.64 Å². The minimum absolute atomic E-state index is 0.120. The fourth-order valence-electron chi connectivity index (χ4n) is 3.96. The van der Waals surface area contributed by atoms with E-state index in [1.165, 1.54) is 5.56 Å². The lowest BCUT2D eigenvalue weighted by molar-refractivity contribution is 0.101. The van der Waals surface area contributed by atoms with Crippen LogP contribution in [0.1, 0.15) is 34.7 Å². The van der Waals surface area contributed by atoms with Gasteiger partial charge in [-0.25, -0.2) is 0 Å². The van der Waals surface area contributed by atoms with Crippen molar-refractivity contribution in [1.82, 2.24) is 9.80 Å². The molecule has 0 radical (unpaired) electrons. The fourth-order valence-corrected chi connectivity index (χ4v) is 3.96. The van der Waals surface area contributed by atoms with Crippen molar-refractivity contribution in [2.24, 2.45) is 0 Å². The molecule has 0 saturated carbocycles. The van der Waals surface area contributed by atoms with E-state index in [-0.39, 0.29) is 6.10 Å². The first-order valence-electron chi connectivity index (χ1n) is 10.1. The van der Waals surface area contributed by atoms with Crippen molar-refractivity contribution in [3.63, 3.8) is 0 Å². The van der Waals surface area contributed by atoms with E-state index in [0.717, 1.165) is 60.7 Å². The van der Waals surface area contributed by atoms with Crippen molar-refractivity contribution >= 4 is 0 Å². The summed E-state index contributed by atoms with van der Waals surface area (Å²) in [6.07, 6.45) is 0.831. The van der Waals surface area contributed by atoms with Gasteiger partial charge in [0.2, 0.25) is 0 Å². The Morgan fingerprint density at radius 2 is 1.79 bits per heavy atom. The van der Waals surface area contributed by atoms with Crippen LogP contribution in [-0.2, 0) is 6.42 Å². The molecule has 0 N–H and O–H groups in total. The van der Waals surface area contributed by atoms with Gasteiger partial charge in [0, 0.05) is 39.1 Å². The number of nitriles is 1. The Bertz CT molecular complexity index is 847. The van der Waals surface area contributed by atoms with E-state index >= 15 is 0 Å². The van der Waals surface area contributed by atoms with E-state index in [0.29, 0.717) is 6.42 Å². The average Bonchev–Trinajstić information content (AvgIpc) is 2.67. The second-order valence-electron chi connectivity index (χ2n) is 8.05. The molecule has 2 aromatic carbocycles. The van der Waals surface area contributed by atoms with Gasteiger partial charge in [-0.2, -0.15) is 5.26 Å². The Hall–Kier alpha value is -2.35. The monoisotopic (exact) mass is 377 g/mol. The molecule has 0 aliphatic carbocycles. The molecule has 1 fully saturated rings. The van der Waals surface area contributed by atoms with Crippen LogP contribution >= 0.6 is 0 Å². The lowest BCUT2D eigenvalue weighted by Crippen LogP contribution is -2.47. The molecule has 1 atom stereocenters. The van der Waals surface area contributed by atoms with Crippen LogP contribution in [0.2, 0.25) is 0 Å². The van der Waals surface area contributed by atoms with Crippen LogP contribution in [0.4, 0.5) is 0 Å². The first-order valence-corrected chi connectivity index (χ1v) is 10.1. The SMILES string of the molecule is Cc1cc(C)c(OC(C)CN2CCN(C)CC2)c(Cc2ccccc2C#N)c1. The van der Waals surface area contributed by atoms with Crippen LogP contribution in [0.25, 0.3) is 0 Å². The van der Waals surface area contributed by atoms with Gasteiger partial charge in [0.15, 0.2) is 0 Å². The maximum absolute atomic E-state index is 9.43. The third-order valence-corrected chi connectivity index (χ3v) is 5.44. The molecule has 4 nitrogen and oxygen atoms in total. The third kappa shape index (κ3) is 5.13. The molecule has 0 bridgehead atoms. The maximum atomic E-state index is 9.43. The number of likely N-dealkylation sites (N-methyl/N-ethyl adjacent to an activating group) is 1. The highest BCUT2D eigenvalue weighted by molar-refractivity contribution is 5.48. The van der Waals surface area contributed by atoms with Crippen LogP contribution in [0.5, 0.6) is 5.75 Å². The number of hydrogen-bond acceptors (Lipinski definition) is 4. The van der Waals surface area contributed by atoms with E-state index < -0.39 is 0 Å². The van der Waals surface area contributed by atoms with Gasteiger partial charge in [0.25, 0.3) is 0 Å². The van der Waals surface area contributed by atoms with E-state index in [1.807, 2.05) is 24.3 Å². The standard InChI is InChI=1S/C24H31N3O/c1-18-13-19(2)24(28-20(3)17-27-11-9-26(4)10-12-27)23(14-18)15-21-7-5-6-8-22(21)16-25/h5-8,13-14,20H,9-12,15,17H2,1-4H3. The van der Waals surface area contributed by atoms with E-state index in [2.05, 4.69) is 55.8 Å². The summed E-state index contributed by atoms with van der Waals surface area (Å²) in [6, 6.07) is 14.5. The molecular formula is C24H31N3O. The van der Waals surface area contributed by atoms with Crippen molar-refractivity contribution in [2.45, 2.75) is 33.3 Å². The predicted molar refractivity (Wildman–Crippen MR) is 114 cm³/mol. The largest absolute Gasteiger partial charge is 0.489 e. The summed E-state index contributed by atoms with van der Waals surface area (Å²) in [6.45, 7) is 11.8. The van der Waals surface area contributed by atoms with Crippen molar-refractivity contribution in [1.29, 1.82) is 5.26 Å². The summed E-state index contributed by atoms with van der Waals surface area (Å²) in [5.41, 5.74) is 5.32. The average molecular weight is 378 g/mol. The summed E-state index contributed by atoms with van der Waals surface area (Å²) >= 11 is 0. The fraction of sp³-hybridized carbons (Fsp3) is 0.458. The second-order valence-corrected chi connectivity index (χ2v) is 8.05. The zero-order valence-corrected chi connectivity index (χ0v) is 17.5. The summed E-state index contributed by atoms with van der Waals surface area (Å²) < 4.78 is 6.47. The van der Waals surface area contributed by atoms with Gasteiger partial charge in [-0.1, -0.05) is 35.9 Å². The number of nitrogens with zero attached hydrogens (tertiary/aromatic N) is 3. The molecule has 4 heteroatoms. The van der Waals surface area contributed by atoms with Crippen molar-refractivity contribution < 1.29 is 4.74 Å². The highest BCUT2D eigenvalue weighted by Crippen LogP contribution is 2.29. The Morgan fingerprint density at radius 3 is 2.50 bits per heavy atom. The zero-order chi connectivity index (χ0) is 20.1. The van der Waals surface area contributed by atoms with Gasteiger partial charge in [0.1, 0.15) is 11.9 Å². The molecule has 1 heterocycles. The third-order valence-electron chi connectivity index (χ3n) is 5.44. The number of aryl methyl sites for hydroxylation is 2. The zero-order valence-electron chi connectivity index (χ0n) is 17.5. The Balaban J connectivity index is 1.78. The molecule has 0 spiro atoms. The van der Waals surface area contributed by atoms with Gasteiger partial charge in [-0.3, -0.25) is 4.90 Å². The molecule has 3 rings (SSSR count). The summed E-state index contributed by atoms with van der Waals surface area (Å²) in [5, 5.41) is 9.43. The summed E-state index contributed by atoms with van der Waals surface area (Å²) in [4.78, 5) is 4.86. The van der Waals surface area contributed by atoms with Crippen LogP contribution in [-0.4, -0.2) is 55.7 Å². The molecule has 148 valence electrons. The summed E-state index contributed by atoms with van der Waals surface area (Å²) in [7, 11) is 2.18. The smallest absolute Gasteiger partial charge is 0.126 e. The number of hydrogen-bond donors (Lipinski definition) is 0. The lowest BCUT2D eigenvalue weighted by Gasteiger charge is -2.34. The molecule has 1 saturated heterocycles. The second kappa shape index (κ2) is 9.23. The highest BCUT2D eigenvalue weighted by atomic mass is 16.5. The minimum Gasteiger partial charge on any atom is -0.489 e. The molecule has 1 aliphatic rings. The number of rotatable bonds is 6. The van der Waals surface area contributed by atoms with Crippen molar-refractivity contribution in [2.75, 3.05) is 39.8 Å². The molecular weight excluding hydrogens is 346 g/mol. The van der Waals surface area contributed by atoms with Crippen molar-refractivity contribution in [3.05, 3.63) is 64.2 Å². The maximum Gasteiger partial charge on any atom is 0.126 e. The van der Waals surface area contributed by atoms with E-state index in [4.69, 9.17) is 4.74 Å². The lowest BCUT2D eigenvalue weighted by atomic mass is 9.96. The molecule has 0 amide bonds. The number of ether oxygens (including phenoxy) is 1. The first-order chi connectivity index (χ1) is 13.5. The highest BCUT2D eigenvalue weighted by Gasteiger charge is 2.19. The van der Waals surface area contributed by atoms with Crippen LogP contribution < -0.4 is 4.74 Å². The van der Waals surface area contributed by atoms with E-state index in [9.17, 15) is 5.26 Å². The minimum atomic E-state index is 0.120. The topological polar surface area (TPSA) is 39.5 Å². The van der Waals surface area contributed by atoms with Crippen molar-refractivity contribution in [3.8, 4) is 11.8 Å². The van der Waals surface area contributed by atoms with Crippen LogP contribution in [0.15, 0.2) is 36.4 Å². The van der Waals surface area contributed by atoms with Gasteiger partial charge in [-0.15, -0.1) is 0 Å². The summed E-state index contributed by atoms with van der Waals surface area (Å²) in [5.74, 6) is 0.972. The van der Waals surface area contributed by atoms with Crippen LogP contribution in [0, 0.1) is 25.2 Å². The molecule has 28 heavy (non-hydrogen) atoms. The van der Waals surface area contributed by atoms with Gasteiger partial charge in [-0.05, 0) is 50.6 Å². The number of benzene rings is 2. The van der Waals surface area contributed by atoms with Gasteiger partial charge >= 0.3 is 0 Å². The molecule has 1 aliphatic heterocycles. The normalized spacial score (nSPS) is 16.5. The Morgan fingerprint density at radius 1 is 1.07 bits per heavy atom. The predicted octanol–water partition coefficient (Wildman–Crippen LogP) is 3.78. The van der Waals surface area contributed by atoms with Gasteiger partial charge in [0.05, 0.1) is 11.6 Å². The quantitative estimate of drug-likeness (QED) is 0.768. The van der Waals surface area contributed by atoms with E-state index in [1.54, 1.807) is 0 Å².